The van der Waals surface area contributed by atoms with Crippen molar-refractivity contribution in [3.8, 4) is 0 Å². The third-order valence-corrected chi connectivity index (χ3v) is 6.11. The molecular weight excluding hydrogens is 558 g/mol. The van der Waals surface area contributed by atoms with Crippen LogP contribution in [-0.2, 0) is 21.4 Å². The first kappa shape index (κ1) is 27.5. The van der Waals surface area contributed by atoms with Crippen LogP contribution in [0.5, 0.6) is 0 Å². The molecule has 0 saturated carbocycles. The van der Waals surface area contributed by atoms with Crippen LogP contribution >= 0.6 is 46.4 Å². The summed E-state index contributed by atoms with van der Waals surface area (Å²) < 4.78 is 58.8. The Morgan fingerprint density at radius 1 is 0.629 bits per heavy atom. The fourth-order valence-corrected chi connectivity index (χ4v) is 4.50. The van der Waals surface area contributed by atoms with Crippen LogP contribution in [-0.4, -0.2) is 40.7 Å². The van der Waals surface area contributed by atoms with Crippen LogP contribution < -0.4 is 0 Å². The number of carbonyl (C=O) groups excluding carboxylic acids is 3. The van der Waals surface area contributed by atoms with E-state index in [0.717, 1.165) is 24.3 Å². The Morgan fingerprint density at radius 3 is 1.26 bits per heavy atom. The minimum Gasteiger partial charge on any atom is -0.274 e. The van der Waals surface area contributed by atoms with Gasteiger partial charge in [0.05, 0.1) is 0 Å². The van der Waals surface area contributed by atoms with Gasteiger partial charge in [-0.2, -0.15) is 0 Å². The summed E-state index contributed by atoms with van der Waals surface area (Å²) in [6, 6.07) is 5.24. The second-order valence-electron chi connectivity index (χ2n) is 7.78. The molecule has 1 aliphatic rings. The predicted molar refractivity (Wildman–Crippen MR) is 123 cm³/mol. The number of barbiturate groups is 1. The number of benzene rings is 2. The van der Waals surface area contributed by atoms with Crippen molar-refractivity contribution >= 4 is 64.2 Å². The second-order valence-corrected chi connectivity index (χ2v) is 9.52. The summed E-state index contributed by atoms with van der Waals surface area (Å²) in [6.45, 7) is -1.53. The maximum absolute atomic E-state index is 14.7. The molecule has 0 aromatic heterocycles. The van der Waals surface area contributed by atoms with E-state index in [0.29, 0.717) is 9.80 Å². The second kappa shape index (κ2) is 10.5. The number of nitrogens with zero attached hydrogens (tertiary/aromatic N) is 2. The van der Waals surface area contributed by atoms with Crippen LogP contribution in [0.25, 0.3) is 0 Å². The van der Waals surface area contributed by atoms with Crippen molar-refractivity contribution in [3.63, 3.8) is 0 Å². The molecule has 4 amide bonds. The summed E-state index contributed by atoms with van der Waals surface area (Å²) in [5.74, 6) is -9.07. The van der Waals surface area contributed by atoms with Gasteiger partial charge in [-0.25, -0.2) is 22.4 Å². The number of amides is 4. The Hall–Kier alpha value is -2.07. The van der Waals surface area contributed by atoms with E-state index in [1.807, 2.05) is 0 Å². The molecule has 188 valence electrons. The zero-order valence-corrected chi connectivity index (χ0v) is 20.7. The van der Waals surface area contributed by atoms with Crippen LogP contribution in [0.3, 0.4) is 0 Å². The Kier molecular flexibility index (Phi) is 8.26. The smallest absolute Gasteiger partial charge is 0.274 e. The van der Waals surface area contributed by atoms with Crippen molar-refractivity contribution in [3.05, 3.63) is 67.6 Å². The lowest BCUT2D eigenvalue weighted by Gasteiger charge is -2.34. The fourth-order valence-electron chi connectivity index (χ4n) is 3.44. The van der Waals surface area contributed by atoms with Crippen LogP contribution in [0, 0.1) is 0 Å². The number of rotatable bonds is 8. The van der Waals surface area contributed by atoms with E-state index in [2.05, 4.69) is 0 Å². The van der Waals surface area contributed by atoms with Gasteiger partial charge in [-0.3, -0.25) is 19.4 Å². The molecule has 0 bridgehead atoms. The largest absolute Gasteiger partial charge is 0.333 e. The lowest BCUT2D eigenvalue weighted by molar-refractivity contribution is -0.143. The highest BCUT2D eigenvalue weighted by Crippen LogP contribution is 2.37. The molecule has 0 radical (unpaired) electrons. The molecular formula is C22H16Cl4F4N2O3. The fraction of sp³-hybridized carbons (Fsp3) is 0.318. The highest BCUT2D eigenvalue weighted by atomic mass is 35.5. The molecule has 1 aliphatic heterocycles. The quantitative estimate of drug-likeness (QED) is 0.249. The first-order valence-corrected chi connectivity index (χ1v) is 11.5. The van der Waals surface area contributed by atoms with Gasteiger partial charge in [0.15, 0.2) is 0 Å². The average molecular weight is 574 g/mol. The number of alkyl halides is 4. The molecule has 0 unspecified atom stereocenters. The molecule has 35 heavy (non-hydrogen) atoms. The van der Waals surface area contributed by atoms with E-state index in [9.17, 15) is 31.9 Å². The van der Waals surface area contributed by atoms with E-state index in [1.165, 1.54) is 12.1 Å². The van der Waals surface area contributed by atoms with E-state index in [-0.39, 0.29) is 20.1 Å². The molecule has 1 fully saturated rings. The highest BCUT2D eigenvalue weighted by molar-refractivity contribution is 6.35. The Labute approximate surface area is 217 Å². The first-order valence-electron chi connectivity index (χ1n) is 10.0. The number of halogens is 8. The third kappa shape index (κ3) is 6.58. The Bertz CT molecular complexity index is 1050. The maximum Gasteiger partial charge on any atom is 0.333 e. The lowest BCUT2D eigenvalue weighted by atomic mass is 10.0. The molecule has 2 aromatic rings. The van der Waals surface area contributed by atoms with Crippen LogP contribution in [0.1, 0.15) is 30.4 Å². The van der Waals surface area contributed by atoms with Crippen LogP contribution in [0.15, 0.2) is 36.4 Å². The number of hydrogen-bond acceptors (Lipinski definition) is 3. The molecule has 1 saturated heterocycles. The van der Waals surface area contributed by atoms with Gasteiger partial charge in [-0.15, -0.1) is 0 Å². The van der Waals surface area contributed by atoms with E-state index in [1.54, 1.807) is 0 Å². The molecule has 0 atom stereocenters. The normalized spacial score (nSPS) is 15.3. The number of hydrogen-bond donors (Lipinski definition) is 0. The van der Waals surface area contributed by atoms with Crippen LogP contribution in [0.2, 0.25) is 20.1 Å². The number of carbonyl (C=O) groups is 3. The third-order valence-electron chi connectivity index (χ3n) is 5.23. The molecule has 13 heteroatoms. The molecule has 0 aliphatic carbocycles. The van der Waals surface area contributed by atoms with Crippen molar-refractivity contribution < 1.29 is 31.9 Å². The summed E-state index contributed by atoms with van der Waals surface area (Å²) in [7, 11) is 0. The van der Waals surface area contributed by atoms with E-state index in [4.69, 9.17) is 46.4 Å². The summed E-state index contributed by atoms with van der Waals surface area (Å²) in [6.07, 6.45) is -2.82. The van der Waals surface area contributed by atoms with Crippen molar-refractivity contribution in [2.45, 2.75) is 31.1 Å². The van der Waals surface area contributed by atoms with Crippen LogP contribution in [0.4, 0.5) is 22.4 Å². The average Bonchev–Trinajstić information content (AvgIpc) is 2.71. The van der Waals surface area contributed by atoms with Crippen molar-refractivity contribution in [1.82, 2.24) is 9.80 Å². The molecule has 5 nitrogen and oxygen atoms in total. The summed E-state index contributed by atoms with van der Waals surface area (Å²) in [4.78, 5) is 38.0. The Balaban J connectivity index is 1.71. The number of urea groups is 1. The molecule has 1 heterocycles. The molecule has 0 spiro atoms. The van der Waals surface area contributed by atoms with Crippen molar-refractivity contribution in [2.24, 2.45) is 0 Å². The van der Waals surface area contributed by atoms with Gasteiger partial charge >= 0.3 is 6.03 Å². The topological polar surface area (TPSA) is 57.7 Å². The predicted octanol–water partition coefficient (Wildman–Crippen LogP) is 7.15. The van der Waals surface area contributed by atoms with Gasteiger partial charge in [0.1, 0.15) is 6.42 Å². The number of imide groups is 2. The first-order chi connectivity index (χ1) is 16.2. The Morgan fingerprint density at radius 2 is 0.943 bits per heavy atom. The lowest BCUT2D eigenvalue weighted by Crippen LogP contribution is -2.56. The summed E-state index contributed by atoms with van der Waals surface area (Å²) in [5.41, 5.74) is -1.06. The molecule has 0 N–H and O–H groups in total. The van der Waals surface area contributed by atoms with E-state index < -0.39 is 73.2 Å². The van der Waals surface area contributed by atoms with Gasteiger partial charge in [0, 0.05) is 57.1 Å². The minimum atomic E-state index is -3.53. The van der Waals surface area contributed by atoms with Crippen molar-refractivity contribution in [1.29, 1.82) is 0 Å². The molecule has 3 rings (SSSR count). The monoisotopic (exact) mass is 572 g/mol. The minimum absolute atomic E-state index is 0.0315. The summed E-state index contributed by atoms with van der Waals surface area (Å²) >= 11 is 23.1. The van der Waals surface area contributed by atoms with Gasteiger partial charge in [-0.1, -0.05) is 46.4 Å². The van der Waals surface area contributed by atoms with Gasteiger partial charge in [0.25, 0.3) is 11.8 Å². The SMILES string of the molecule is O=C1CC(=O)N(CCC(F)(F)c2cc(Cl)cc(Cl)c2)C(=O)N1CCC(F)(F)c1cc(Cl)cc(Cl)c1. The zero-order valence-electron chi connectivity index (χ0n) is 17.6. The van der Waals surface area contributed by atoms with Crippen molar-refractivity contribution in [2.75, 3.05) is 13.1 Å². The zero-order chi connectivity index (χ0) is 26.1. The highest BCUT2D eigenvalue weighted by Gasteiger charge is 2.42. The van der Waals surface area contributed by atoms with Gasteiger partial charge < -0.3 is 0 Å². The summed E-state index contributed by atoms with van der Waals surface area (Å²) in [5, 5.41) is -0.126. The standard InChI is InChI=1S/C22H16Cl4F4N2O3/c23-14-5-12(6-15(24)9-14)21(27,28)1-3-31-18(33)11-19(34)32(20(31)35)4-2-22(29,30)13-7-16(25)10-17(26)8-13/h5-10H,1-4,11H2. The van der Waals surface area contributed by atoms with E-state index >= 15 is 0 Å². The van der Waals surface area contributed by atoms with Gasteiger partial charge in [0.2, 0.25) is 11.8 Å². The maximum atomic E-state index is 14.7. The van der Waals surface area contributed by atoms with Gasteiger partial charge in [-0.05, 0) is 36.4 Å². The molecule has 2 aromatic carbocycles.